The molecule has 0 aliphatic rings. The molecule has 5 rings (SSSR count). The zero-order chi connectivity index (χ0) is 22.9. The van der Waals surface area contributed by atoms with E-state index in [1.807, 2.05) is 30.3 Å². The molecule has 0 aliphatic carbocycles. The molecular formula is C23H20ClN7O2. The summed E-state index contributed by atoms with van der Waals surface area (Å²) in [5.74, 6) is 1.28. The van der Waals surface area contributed by atoms with Gasteiger partial charge in [-0.25, -0.2) is 4.98 Å². The van der Waals surface area contributed by atoms with Gasteiger partial charge in [-0.2, -0.15) is 9.61 Å². The number of hydrogen-bond donors (Lipinski definition) is 2. The molecule has 0 bridgehead atoms. The van der Waals surface area contributed by atoms with Crippen molar-refractivity contribution in [3.8, 4) is 17.0 Å². The minimum absolute atomic E-state index is 0.381. The first kappa shape index (κ1) is 21.0. The molecule has 0 fully saturated rings. The van der Waals surface area contributed by atoms with Crippen LogP contribution in [0.5, 0.6) is 5.75 Å². The quantitative estimate of drug-likeness (QED) is 0.389. The fraction of sp³-hybridized carbons (Fsp3) is 0.174. The first-order valence-corrected chi connectivity index (χ1v) is 10.6. The SMILES string of the molecule is COc1cnc2c(NCc3nnc4ccc(-c5ccc([C@H](C)O)c(Cl)c5)nn34)ccnc2c1. The summed E-state index contributed by atoms with van der Waals surface area (Å²) in [5, 5.41) is 26.9. The maximum atomic E-state index is 9.82. The molecule has 0 unspecified atom stereocenters. The Morgan fingerprint density at radius 1 is 1.12 bits per heavy atom. The minimum Gasteiger partial charge on any atom is -0.495 e. The summed E-state index contributed by atoms with van der Waals surface area (Å²) >= 11 is 6.34. The molecule has 0 amide bonds. The van der Waals surface area contributed by atoms with Crippen LogP contribution in [-0.2, 0) is 6.54 Å². The number of aliphatic hydroxyl groups excluding tert-OH is 1. The lowest BCUT2D eigenvalue weighted by Gasteiger charge is -2.10. The average Bonchev–Trinajstić information content (AvgIpc) is 3.24. The van der Waals surface area contributed by atoms with E-state index in [-0.39, 0.29) is 0 Å². The van der Waals surface area contributed by atoms with E-state index in [1.54, 1.807) is 43.1 Å². The lowest BCUT2D eigenvalue weighted by molar-refractivity contribution is 0.199. The van der Waals surface area contributed by atoms with E-state index in [4.69, 9.17) is 21.4 Å². The van der Waals surface area contributed by atoms with Gasteiger partial charge in [0.2, 0.25) is 0 Å². The standard InChI is InChI=1S/C23H20ClN7O2/c1-13(32)16-4-3-14(9-17(16)24)18-5-6-21-28-29-22(31(21)30-18)12-26-19-7-8-25-20-10-15(33-2)11-27-23(19)20/h3-11,13,32H,12H2,1-2H3,(H,25,26)/t13-/m0/s1. The van der Waals surface area contributed by atoms with E-state index in [2.05, 4.69) is 25.5 Å². The van der Waals surface area contributed by atoms with Crippen molar-refractivity contribution in [2.75, 3.05) is 12.4 Å². The lowest BCUT2D eigenvalue weighted by Crippen LogP contribution is -2.07. The van der Waals surface area contributed by atoms with Gasteiger partial charge in [-0.3, -0.25) is 4.98 Å². The number of aliphatic hydroxyl groups is 1. The second-order valence-corrected chi connectivity index (χ2v) is 7.88. The van der Waals surface area contributed by atoms with Crippen molar-refractivity contribution in [2.24, 2.45) is 0 Å². The molecule has 33 heavy (non-hydrogen) atoms. The molecule has 9 nitrogen and oxygen atoms in total. The third kappa shape index (κ3) is 4.04. The van der Waals surface area contributed by atoms with Gasteiger partial charge in [0, 0.05) is 22.8 Å². The van der Waals surface area contributed by atoms with Crippen LogP contribution in [-0.4, -0.2) is 42.0 Å². The first-order chi connectivity index (χ1) is 16.0. The van der Waals surface area contributed by atoms with Gasteiger partial charge in [-0.15, -0.1) is 10.2 Å². The van der Waals surface area contributed by atoms with Crippen LogP contribution in [0.3, 0.4) is 0 Å². The van der Waals surface area contributed by atoms with Gasteiger partial charge in [0.05, 0.1) is 42.9 Å². The number of nitrogens with zero attached hydrogens (tertiary/aromatic N) is 6. The summed E-state index contributed by atoms with van der Waals surface area (Å²) in [6.45, 7) is 2.06. The fourth-order valence-electron chi connectivity index (χ4n) is 3.56. The summed E-state index contributed by atoms with van der Waals surface area (Å²) in [4.78, 5) is 8.82. The Morgan fingerprint density at radius 3 is 2.79 bits per heavy atom. The molecule has 10 heteroatoms. The third-order valence-corrected chi connectivity index (χ3v) is 5.63. The Hall–Kier alpha value is -3.82. The monoisotopic (exact) mass is 461 g/mol. The molecule has 4 heterocycles. The molecule has 0 radical (unpaired) electrons. The Bertz CT molecular complexity index is 1470. The summed E-state index contributed by atoms with van der Waals surface area (Å²) in [7, 11) is 1.60. The van der Waals surface area contributed by atoms with Gasteiger partial charge in [-0.1, -0.05) is 23.7 Å². The first-order valence-electron chi connectivity index (χ1n) is 10.3. The number of anilines is 1. The number of halogens is 1. The highest BCUT2D eigenvalue weighted by Crippen LogP contribution is 2.28. The molecule has 0 aliphatic heterocycles. The van der Waals surface area contributed by atoms with Crippen LogP contribution in [0.2, 0.25) is 5.02 Å². The van der Waals surface area contributed by atoms with Crippen molar-refractivity contribution >= 4 is 34.0 Å². The number of fused-ring (bicyclic) bond motifs is 2. The van der Waals surface area contributed by atoms with Gasteiger partial charge >= 0.3 is 0 Å². The molecular weight excluding hydrogens is 442 g/mol. The number of nitrogens with one attached hydrogen (secondary N) is 1. The molecule has 1 aromatic carbocycles. The number of benzene rings is 1. The minimum atomic E-state index is -0.641. The van der Waals surface area contributed by atoms with Crippen molar-refractivity contribution in [3.63, 3.8) is 0 Å². The molecule has 1 atom stereocenters. The van der Waals surface area contributed by atoms with E-state index in [0.29, 0.717) is 40.0 Å². The molecule has 2 N–H and O–H groups in total. The molecule has 0 saturated carbocycles. The van der Waals surface area contributed by atoms with Crippen LogP contribution in [0.4, 0.5) is 5.69 Å². The number of pyridine rings is 2. The normalized spacial score (nSPS) is 12.2. The molecule has 4 aromatic heterocycles. The second kappa shape index (κ2) is 8.61. The number of ether oxygens (including phenoxy) is 1. The van der Waals surface area contributed by atoms with Crippen molar-refractivity contribution in [1.29, 1.82) is 0 Å². The number of aromatic nitrogens is 6. The highest BCUT2D eigenvalue weighted by atomic mass is 35.5. The maximum Gasteiger partial charge on any atom is 0.178 e. The van der Waals surface area contributed by atoms with E-state index < -0.39 is 6.10 Å². The second-order valence-electron chi connectivity index (χ2n) is 7.47. The van der Waals surface area contributed by atoms with Gasteiger partial charge in [0.25, 0.3) is 0 Å². The van der Waals surface area contributed by atoms with E-state index in [1.165, 1.54) is 0 Å². The smallest absolute Gasteiger partial charge is 0.178 e. The van der Waals surface area contributed by atoms with E-state index in [0.717, 1.165) is 22.3 Å². The Kier molecular flexibility index (Phi) is 5.49. The topological polar surface area (TPSA) is 110 Å². The highest BCUT2D eigenvalue weighted by molar-refractivity contribution is 6.31. The zero-order valence-corrected chi connectivity index (χ0v) is 18.7. The van der Waals surface area contributed by atoms with Crippen molar-refractivity contribution < 1.29 is 9.84 Å². The predicted molar refractivity (Wildman–Crippen MR) is 125 cm³/mol. The zero-order valence-electron chi connectivity index (χ0n) is 17.9. The predicted octanol–water partition coefficient (Wildman–Crippen LogP) is 4.06. The van der Waals surface area contributed by atoms with Crippen molar-refractivity contribution in [3.05, 3.63) is 71.3 Å². The number of methoxy groups -OCH3 is 1. The van der Waals surface area contributed by atoms with Gasteiger partial charge in [0.1, 0.15) is 11.3 Å². The molecule has 0 spiro atoms. The Balaban J connectivity index is 1.44. The molecule has 166 valence electrons. The molecule has 0 saturated heterocycles. The van der Waals surface area contributed by atoms with Crippen molar-refractivity contribution in [2.45, 2.75) is 19.6 Å². The Morgan fingerprint density at radius 2 is 2.00 bits per heavy atom. The fourth-order valence-corrected chi connectivity index (χ4v) is 3.90. The van der Waals surface area contributed by atoms with Gasteiger partial charge < -0.3 is 15.2 Å². The van der Waals surface area contributed by atoms with Crippen LogP contribution >= 0.6 is 11.6 Å². The summed E-state index contributed by atoms with van der Waals surface area (Å²) in [6.07, 6.45) is 2.73. The van der Waals surface area contributed by atoms with Gasteiger partial charge in [-0.05, 0) is 36.8 Å². The largest absolute Gasteiger partial charge is 0.495 e. The summed E-state index contributed by atoms with van der Waals surface area (Å²) in [6, 6.07) is 12.9. The van der Waals surface area contributed by atoms with Gasteiger partial charge in [0.15, 0.2) is 11.5 Å². The average molecular weight is 462 g/mol. The molecule has 5 aromatic rings. The summed E-state index contributed by atoms with van der Waals surface area (Å²) in [5.41, 5.74) is 5.12. The van der Waals surface area contributed by atoms with Crippen LogP contribution in [0.15, 0.2) is 54.9 Å². The Labute approximate surface area is 194 Å². The van der Waals surface area contributed by atoms with Crippen LogP contribution in [0.1, 0.15) is 24.4 Å². The third-order valence-electron chi connectivity index (χ3n) is 5.30. The number of rotatable bonds is 6. The summed E-state index contributed by atoms with van der Waals surface area (Å²) < 4.78 is 6.92. The van der Waals surface area contributed by atoms with Crippen LogP contribution < -0.4 is 10.1 Å². The highest BCUT2D eigenvalue weighted by Gasteiger charge is 2.13. The van der Waals surface area contributed by atoms with E-state index >= 15 is 0 Å². The maximum absolute atomic E-state index is 9.82. The van der Waals surface area contributed by atoms with Crippen molar-refractivity contribution in [1.82, 2.24) is 29.8 Å². The van der Waals surface area contributed by atoms with E-state index in [9.17, 15) is 5.11 Å². The van der Waals surface area contributed by atoms with Crippen LogP contribution in [0.25, 0.3) is 27.9 Å². The number of hydrogen-bond acceptors (Lipinski definition) is 8. The van der Waals surface area contributed by atoms with Crippen LogP contribution in [0, 0.1) is 0 Å². The lowest BCUT2D eigenvalue weighted by atomic mass is 10.1.